The fourth-order valence-electron chi connectivity index (χ4n) is 2.12. The molecule has 1 unspecified atom stereocenters. The summed E-state index contributed by atoms with van der Waals surface area (Å²) in [5.74, 6) is -0.948. The van der Waals surface area contributed by atoms with Crippen LogP contribution in [0.4, 0.5) is 0 Å². The van der Waals surface area contributed by atoms with Gasteiger partial charge in [0.25, 0.3) is 0 Å². The Morgan fingerprint density at radius 1 is 1.11 bits per heavy atom. The Balaban J connectivity index is 1.96. The van der Waals surface area contributed by atoms with Crippen molar-refractivity contribution in [3.8, 4) is 0 Å². The molecule has 110 valence electrons. The Labute approximate surface area is 115 Å². The molecule has 1 saturated heterocycles. The molecule has 0 aliphatic carbocycles. The van der Waals surface area contributed by atoms with Crippen molar-refractivity contribution in [2.45, 2.75) is 70.8 Å². The number of nitrogens with one attached hydrogen (secondary N) is 1. The summed E-state index contributed by atoms with van der Waals surface area (Å²) in [5.41, 5.74) is 0. The lowest BCUT2D eigenvalue weighted by Gasteiger charge is -2.08. The second-order valence-corrected chi connectivity index (χ2v) is 5.02. The molecule has 1 aliphatic rings. The van der Waals surface area contributed by atoms with Crippen LogP contribution >= 0.6 is 0 Å². The van der Waals surface area contributed by atoms with Crippen LogP contribution in [0.5, 0.6) is 0 Å². The van der Waals surface area contributed by atoms with E-state index in [9.17, 15) is 9.59 Å². The molecular weight excluding hydrogens is 246 g/mol. The van der Waals surface area contributed by atoms with Gasteiger partial charge in [0.2, 0.25) is 0 Å². The van der Waals surface area contributed by atoms with Crippen molar-refractivity contribution in [3.05, 3.63) is 0 Å². The monoisotopic (exact) mass is 271 g/mol. The molecule has 1 heterocycles. The third-order valence-electron chi connectivity index (χ3n) is 3.30. The second kappa shape index (κ2) is 9.78. The lowest BCUT2D eigenvalue weighted by Crippen LogP contribution is -2.32. The SMILES string of the molecule is CCCCCCCCC(=O)OOC(=O)C1CCCN1. The van der Waals surface area contributed by atoms with Crippen LogP contribution in [0.25, 0.3) is 0 Å². The molecule has 0 radical (unpaired) electrons. The predicted octanol–water partition coefficient (Wildman–Crippen LogP) is 2.49. The first-order chi connectivity index (χ1) is 9.24. The molecule has 0 bridgehead atoms. The molecule has 0 aromatic carbocycles. The summed E-state index contributed by atoms with van der Waals surface area (Å²) in [6.07, 6.45) is 8.65. The molecule has 0 saturated carbocycles. The van der Waals surface area contributed by atoms with Gasteiger partial charge in [-0.1, -0.05) is 39.0 Å². The maximum absolute atomic E-state index is 11.4. The van der Waals surface area contributed by atoms with Gasteiger partial charge in [0.05, 0.1) is 6.42 Å². The zero-order valence-corrected chi connectivity index (χ0v) is 11.8. The molecule has 5 heteroatoms. The fourth-order valence-corrected chi connectivity index (χ4v) is 2.12. The predicted molar refractivity (Wildman–Crippen MR) is 71.2 cm³/mol. The van der Waals surface area contributed by atoms with Crippen LogP contribution in [0, 0.1) is 0 Å². The largest absolute Gasteiger partial charge is 0.372 e. The highest BCUT2D eigenvalue weighted by molar-refractivity contribution is 5.77. The van der Waals surface area contributed by atoms with Crippen molar-refractivity contribution < 1.29 is 19.4 Å². The average Bonchev–Trinajstić information content (AvgIpc) is 2.94. The zero-order valence-electron chi connectivity index (χ0n) is 11.8. The summed E-state index contributed by atoms with van der Waals surface area (Å²) in [7, 11) is 0. The highest BCUT2D eigenvalue weighted by atomic mass is 17.2. The number of hydrogen-bond acceptors (Lipinski definition) is 5. The third kappa shape index (κ3) is 7.15. The van der Waals surface area contributed by atoms with E-state index in [0.29, 0.717) is 6.42 Å². The normalized spacial score (nSPS) is 18.3. The van der Waals surface area contributed by atoms with Gasteiger partial charge >= 0.3 is 11.9 Å². The lowest BCUT2D eigenvalue weighted by molar-refractivity contribution is -0.260. The van der Waals surface area contributed by atoms with Gasteiger partial charge < -0.3 is 5.32 Å². The smallest absolute Gasteiger partial charge is 0.304 e. The minimum absolute atomic E-state index is 0.317. The zero-order chi connectivity index (χ0) is 13.9. The fraction of sp³-hybridized carbons (Fsp3) is 0.857. The summed E-state index contributed by atoms with van der Waals surface area (Å²) in [5, 5.41) is 2.99. The molecule has 1 N–H and O–H groups in total. The van der Waals surface area contributed by atoms with E-state index in [1.165, 1.54) is 19.3 Å². The Morgan fingerprint density at radius 2 is 1.84 bits per heavy atom. The van der Waals surface area contributed by atoms with Crippen LogP contribution in [0.2, 0.25) is 0 Å². The topological polar surface area (TPSA) is 64.6 Å². The van der Waals surface area contributed by atoms with E-state index in [1.807, 2.05) is 0 Å². The van der Waals surface area contributed by atoms with Crippen molar-refractivity contribution in [3.63, 3.8) is 0 Å². The summed E-state index contributed by atoms with van der Waals surface area (Å²) in [6.45, 7) is 2.98. The number of carbonyl (C=O) groups is 2. The van der Waals surface area contributed by atoms with Gasteiger partial charge in [-0.25, -0.2) is 19.4 Å². The third-order valence-corrected chi connectivity index (χ3v) is 3.30. The number of hydrogen-bond donors (Lipinski definition) is 1. The number of unbranched alkanes of at least 4 members (excludes halogenated alkanes) is 5. The Hall–Kier alpha value is -1.10. The maximum atomic E-state index is 11.4. The number of carbonyl (C=O) groups excluding carboxylic acids is 2. The first-order valence-electron chi connectivity index (χ1n) is 7.38. The van der Waals surface area contributed by atoms with E-state index in [0.717, 1.165) is 38.6 Å². The van der Waals surface area contributed by atoms with Gasteiger partial charge in [-0.2, -0.15) is 0 Å². The summed E-state index contributed by atoms with van der Waals surface area (Å²) >= 11 is 0. The van der Waals surface area contributed by atoms with Crippen LogP contribution in [-0.4, -0.2) is 24.5 Å². The van der Waals surface area contributed by atoms with Crippen molar-refractivity contribution in [1.82, 2.24) is 5.32 Å². The van der Waals surface area contributed by atoms with Crippen molar-refractivity contribution in [2.24, 2.45) is 0 Å². The van der Waals surface area contributed by atoms with Crippen molar-refractivity contribution in [2.75, 3.05) is 6.54 Å². The van der Waals surface area contributed by atoms with E-state index in [2.05, 4.69) is 22.0 Å². The van der Waals surface area contributed by atoms with E-state index >= 15 is 0 Å². The lowest BCUT2D eigenvalue weighted by atomic mass is 10.1. The van der Waals surface area contributed by atoms with Crippen LogP contribution < -0.4 is 5.32 Å². The average molecular weight is 271 g/mol. The van der Waals surface area contributed by atoms with Crippen LogP contribution in [0.1, 0.15) is 64.7 Å². The first kappa shape index (κ1) is 16.0. The van der Waals surface area contributed by atoms with Gasteiger partial charge in [-0.3, -0.25) is 0 Å². The summed E-state index contributed by atoms with van der Waals surface area (Å²) < 4.78 is 0. The molecule has 1 atom stereocenters. The van der Waals surface area contributed by atoms with Crippen LogP contribution in [0.3, 0.4) is 0 Å². The van der Waals surface area contributed by atoms with E-state index in [1.54, 1.807) is 0 Å². The Kier molecular flexibility index (Phi) is 8.21. The molecule has 0 spiro atoms. The Morgan fingerprint density at radius 3 is 2.53 bits per heavy atom. The van der Waals surface area contributed by atoms with Gasteiger partial charge in [0.1, 0.15) is 6.04 Å². The maximum Gasteiger partial charge on any atom is 0.372 e. The minimum Gasteiger partial charge on any atom is -0.304 e. The van der Waals surface area contributed by atoms with E-state index in [4.69, 9.17) is 0 Å². The highest BCUT2D eigenvalue weighted by Gasteiger charge is 2.25. The van der Waals surface area contributed by atoms with Crippen molar-refractivity contribution in [1.29, 1.82) is 0 Å². The molecule has 1 aliphatic heterocycles. The highest BCUT2D eigenvalue weighted by Crippen LogP contribution is 2.09. The molecule has 0 amide bonds. The molecule has 1 rings (SSSR count). The molecular formula is C14H25NO4. The van der Waals surface area contributed by atoms with Crippen molar-refractivity contribution >= 4 is 11.9 Å². The summed E-state index contributed by atoms with van der Waals surface area (Å²) in [6, 6.07) is -0.318. The van der Waals surface area contributed by atoms with E-state index < -0.39 is 11.9 Å². The van der Waals surface area contributed by atoms with Crippen LogP contribution in [-0.2, 0) is 19.4 Å². The van der Waals surface area contributed by atoms with Gasteiger partial charge in [0.15, 0.2) is 0 Å². The molecule has 0 aromatic heterocycles. The second-order valence-electron chi connectivity index (χ2n) is 5.02. The van der Waals surface area contributed by atoms with Crippen LogP contribution in [0.15, 0.2) is 0 Å². The molecule has 0 aromatic rings. The molecule has 1 fully saturated rings. The quantitative estimate of drug-likeness (QED) is 0.417. The van der Waals surface area contributed by atoms with Gasteiger partial charge in [-0.15, -0.1) is 0 Å². The Bertz CT molecular complexity index is 275. The first-order valence-corrected chi connectivity index (χ1v) is 7.38. The number of rotatable bonds is 8. The standard InChI is InChI=1S/C14H25NO4/c1-2-3-4-5-6-7-10-13(16)18-19-14(17)12-9-8-11-15-12/h12,15H,2-11H2,1H3. The summed E-state index contributed by atoms with van der Waals surface area (Å²) in [4.78, 5) is 31.8. The van der Waals surface area contributed by atoms with Gasteiger partial charge in [0, 0.05) is 0 Å². The van der Waals surface area contributed by atoms with E-state index in [-0.39, 0.29) is 6.04 Å². The molecule has 5 nitrogen and oxygen atoms in total. The molecule has 19 heavy (non-hydrogen) atoms. The minimum atomic E-state index is -0.492. The van der Waals surface area contributed by atoms with Gasteiger partial charge in [-0.05, 0) is 25.8 Å².